The van der Waals surface area contributed by atoms with Crippen LogP contribution >= 0.6 is 0 Å². The van der Waals surface area contributed by atoms with Crippen molar-refractivity contribution in [2.45, 2.75) is 33.1 Å². The van der Waals surface area contributed by atoms with Gasteiger partial charge in [-0.2, -0.15) is 13.2 Å². The molecule has 0 radical (unpaired) electrons. The molecule has 46 heavy (non-hydrogen) atoms. The predicted octanol–water partition coefficient (Wildman–Crippen LogP) is 5.76. The van der Waals surface area contributed by atoms with Crippen LogP contribution in [0.3, 0.4) is 0 Å². The molecule has 0 saturated carbocycles. The molecule has 230 valence electrons. The Labute approximate surface area is 260 Å². The van der Waals surface area contributed by atoms with E-state index in [-0.39, 0.29) is 29.9 Å². The number of hydrogen-bond acceptors (Lipinski definition) is 6. The van der Waals surface area contributed by atoms with E-state index in [1.807, 2.05) is 62.4 Å². The van der Waals surface area contributed by atoms with Gasteiger partial charge in [0.05, 0.1) is 48.1 Å². The average molecular weight is 622 g/mol. The highest BCUT2D eigenvalue weighted by atomic mass is 19.4. The van der Waals surface area contributed by atoms with E-state index < -0.39 is 17.4 Å². The number of nitrogens with zero attached hydrogens (tertiary/aromatic N) is 9. The Kier molecular flexibility index (Phi) is 7.07. The third kappa shape index (κ3) is 5.47. The average Bonchev–Trinajstić information content (AvgIpc) is 3.78. The first-order valence-electron chi connectivity index (χ1n) is 14.4. The van der Waals surface area contributed by atoms with Gasteiger partial charge in [-0.3, -0.25) is 9.13 Å². The number of alkyl halides is 3. The summed E-state index contributed by atoms with van der Waals surface area (Å²) in [5.41, 5.74) is 2.66. The smallest absolute Gasteiger partial charge is 0.284 e. The zero-order valence-electron chi connectivity index (χ0n) is 24.7. The summed E-state index contributed by atoms with van der Waals surface area (Å²) >= 11 is 0. The summed E-state index contributed by atoms with van der Waals surface area (Å²) in [6.45, 7) is 3.50. The van der Waals surface area contributed by atoms with Crippen LogP contribution in [0.15, 0.2) is 102 Å². The van der Waals surface area contributed by atoms with Crippen LogP contribution in [0.25, 0.3) is 33.8 Å². The number of fused-ring (bicyclic) bond motifs is 1. The second kappa shape index (κ2) is 11.3. The van der Waals surface area contributed by atoms with E-state index in [1.54, 1.807) is 47.4 Å². The topological polar surface area (TPSA) is 101 Å². The Morgan fingerprint density at radius 2 is 1.22 bits per heavy atom. The molecule has 0 fully saturated rings. The van der Waals surface area contributed by atoms with E-state index in [1.165, 1.54) is 9.25 Å². The summed E-state index contributed by atoms with van der Waals surface area (Å²) in [7, 11) is 0. The lowest BCUT2D eigenvalue weighted by Crippen LogP contribution is -2.26. The number of rotatable bonds is 7. The van der Waals surface area contributed by atoms with Crippen molar-refractivity contribution in [3.63, 3.8) is 0 Å². The summed E-state index contributed by atoms with van der Waals surface area (Å²) in [5, 5.41) is 16.7. The number of imidazole rings is 1. The monoisotopic (exact) mass is 621 g/mol. The molecular formula is C33H26F3N9O. The van der Waals surface area contributed by atoms with Crippen molar-refractivity contribution in [2.75, 3.05) is 0 Å². The van der Waals surface area contributed by atoms with Gasteiger partial charge in [-0.15, -0.1) is 10.2 Å². The highest BCUT2D eigenvalue weighted by Crippen LogP contribution is 2.37. The molecule has 4 heterocycles. The summed E-state index contributed by atoms with van der Waals surface area (Å²) in [5.74, 6) is 0. The minimum atomic E-state index is -4.79. The first-order chi connectivity index (χ1) is 22.1. The minimum Gasteiger partial charge on any atom is -0.284 e. The van der Waals surface area contributed by atoms with Crippen molar-refractivity contribution >= 4 is 11.2 Å². The van der Waals surface area contributed by atoms with Crippen molar-refractivity contribution < 1.29 is 13.2 Å². The fourth-order valence-electron chi connectivity index (χ4n) is 5.29. The van der Waals surface area contributed by atoms with Gasteiger partial charge in [0.2, 0.25) is 0 Å². The molecule has 7 rings (SSSR count). The van der Waals surface area contributed by atoms with Crippen LogP contribution in [-0.2, 0) is 19.3 Å². The van der Waals surface area contributed by atoms with Gasteiger partial charge in [0.1, 0.15) is 16.9 Å². The van der Waals surface area contributed by atoms with Crippen LogP contribution in [-0.4, -0.2) is 44.1 Å². The third-order valence-corrected chi connectivity index (χ3v) is 7.66. The molecule has 3 aromatic carbocycles. The maximum absolute atomic E-state index is 14.8. The number of halogens is 3. The van der Waals surface area contributed by atoms with E-state index in [0.717, 1.165) is 33.1 Å². The molecule has 0 saturated heterocycles. The van der Waals surface area contributed by atoms with Gasteiger partial charge in [0.15, 0.2) is 5.65 Å². The molecule has 7 aromatic rings. The molecule has 0 bridgehead atoms. The van der Waals surface area contributed by atoms with Crippen molar-refractivity contribution in [1.29, 1.82) is 0 Å². The fraction of sp³-hybridized carbons (Fsp3) is 0.152. The molecule has 0 N–H and O–H groups in total. The van der Waals surface area contributed by atoms with E-state index in [0.29, 0.717) is 17.0 Å². The Balaban J connectivity index is 1.37. The van der Waals surface area contributed by atoms with Crippen molar-refractivity contribution in [3.8, 4) is 22.6 Å². The molecule has 4 aromatic heterocycles. The standard InChI is InChI=1S/C33H26F3N9O/c1-21-8-12-26(13-9-21)44-19-24(38-40-44)17-42-30-28(33(34,35)36)16-29(23-6-4-3-5-7-23)37-31(30)43(32(42)46)18-25-20-45(41-39-25)27-14-10-22(2)11-15-27/h3-16,19-20H,17-18H2,1-2H3. The Hall–Kier alpha value is -5.85. The molecule has 0 amide bonds. The van der Waals surface area contributed by atoms with Crippen molar-refractivity contribution in [1.82, 2.24) is 44.1 Å². The maximum Gasteiger partial charge on any atom is 0.418 e. The van der Waals surface area contributed by atoms with Crippen LogP contribution in [0.4, 0.5) is 13.2 Å². The van der Waals surface area contributed by atoms with Gasteiger partial charge in [-0.1, -0.05) is 76.2 Å². The van der Waals surface area contributed by atoms with E-state index >= 15 is 0 Å². The minimum absolute atomic E-state index is 0.0833. The molecule has 0 atom stereocenters. The third-order valence-electron chi connectivity index (χ3n) is 7.66. The Morgan fingerprint density at radius 1 is 0.696 bits per heavy atom. The molecule has 13 heteroatoms. The molecule has 0 unspecified atom stereocenters. The summed E-state index contributed by atoms with van der Waals surface area (Å²) < 4.78 is 49.6. The highest BCUT2D eigenvalue weighted by molar-refractivity contribution is 5.81. The normalized spacial score (nSPS) is 11.8. The van der Waals surface area contributed by atoms with Gasteiger partial charge in [0, 0.05) is 5.56 Å². The summed E-state index contributed by atoms with van der Waals surface area (Å²) in [4.78, 5) is 18.7. The number of aryl methyl sites for hydroxylation is 2. The first kappa shape index (κ1) is 28.9. The zero-order valence-corrected chi connectivity index (χ0v) is 24.7. The quantitative estimate of drug-likeness (QED) is 0.224. The number of aromatic nitrogens is 9. The van der Waals surface area contributed by atoms with Crippen LogP contribution in [0.1, 0.15) is 28.1 Å². The molecule has 0 aliphatic rings. The molecule has 0 aliphatic carbocycles. The largest absolute Gasteiger partial charge is 0.418 e. The van der Waals surface area contributed by atoms with Gasteiger partial charge in [-0.05, 0) is 44.2 Å². The molecule has 0 spiro atoms. The number of benzene rings is 3. The van der Waals surface area contributed by atoms with Crippen molar-refractivity contribution in [2.24, 2.45) is 0 Å². The lowest BCUT2D eigenvalue weighted by molar-refractivity contribution is -0.136. The fourth-order valence-corrected chi connectivity index (χ4v) is 5.29. The molecule has 10 nitrogen and oxygen atoms in total. The van der Waals surface area contributed by atoms with Gasteiger partial charge < -0.3 is 0 Å². The second-order valence-electron chi connectivity index (χ2n) is 11.0. The van der Waals surface area contributed by atoms with E-state index in [9.17, 15) is 18.0 Å². The summed E-state index contributed by atoms with van der Waals surface area (Å²) in [6, 6.07) is 24.7. The van der Waals surface area contributed by atoms with E-state index in [2.05, 4.69) is 25.6 Å². The SMILES string of the molecule is Cc1ccc(-n2cc(Cn3c(=O)n(Cc4cn(-c5ccc(C)cc5)nn4)c4c(C(F)(F)F)cc(-c5ccccc5)nc43)nn2)cc1. The van der Waals surface area contributed by atoms with Crippen LogP contribution in [0.5, 0.6) is 0 Å². The predicted molar refractivity (Wildman–Crippen MR) is 165 cm³/mol. The van der Waals surface area contributed by atoms with E-state index in [4.69, 9.17) is 0 Å². The van der Waals surface area contributed by atoms with Crippen LogP contribution in [0, 0.1) is 13.8 Å². The van der Waals surface area contributed by atoms with Crippen LogP contribution in [0.2, 0.25) is 0 Å². The number of pyridine rings is 1. The molecular weight excluding hydrogens is 595 g/mol. The summed E-state index contributed by atoms with van der Waals surface area (Å²) in [6.07, 6.45) is -1.56. The number of hydrogen-bond donors (Lipinski definition) is 0. The molecule has 0 aliphatic heterocycles. The van der Waals surface area contributed by atoms with Gasteiger partial charge in [0.25, 0.3) is 0 Å². The van der Waals surface area contributed by atoms with Crippen molar-refractivity contribution in [3.05, 3.63) is 136 Å². The zero-order chi connectivity index (χ0) is 32.0. The van der Waals surface area contributed by atoms with Gasteiger partial charge >= 0.3 is 11.9 Å². The Bertz CT molecular complexity index is 2230. The first-order valence-corrected chi connectivity index (χ1v) is 14.4. The lowest BCUT2D eigenvalue weighted by Gasteiger charge is -2.12. The lowest BCUT2D eigenvalue weighted by atomic mass is 10.1. The second-order valence-corrected chi connectivity index (χ2v) is 11.0. The maximum atomic E-state index is 14.8. The highest BCUT2D eigenvalue weighted by Gasteiger charge is 2.37. The van der Waals surface area contributed by atoms with Crippen LogP contribution < -0.4 is 5.69 Å². The Morgan fingerprint density at radius 3 is 1.74 bits per heavy atom. The van der Waals surface area contributed by atoms with Gasteiger partial charge in [-0.25, -0.2) is 19.1 Å².